The smallest absolute Gasteiger partial charge is 0.257 e. The third-order valence-electron chi connectivity index (χ3n) is 4.83. The molecule has 1 aliphatic rings. The SMILES string of the molecule is C[C@@H]1C[C@@H]1c1ccc(CN(C)C(=O)c2cnc(-c3ccccc3)nc2)o1. The summed E-state index contributed by atoms with van der Waals surface area (Å²) in [5.74, 6) is 3.57. The van der Waals surface area contributed by atoms with E-state index < -0.39 is 0 Å². The molecule has 26 heavy (non-hydrogen) atoms. The third kappa shape index (κ3) is 3.38. The number of aromatic nitrogens is 2. The van der Waals surface area contributed by atoms with Crippen molar-refractivity contribution in [1.82, 2.24) is 14.9 Å². The van der Waals surface area contributed by atoms with Crippen LogP contribution in [0.4, 0.5) is 0 Å². The summed E-state index contributed by atoms with van der Waals surface area (Å²) in [5.41, 5.74) is 1.40. The molecule has 1 aliphatic carbocycles. The summed E-state index contributed by atoms with van der Waals surface area (Å²) in [5, 5.41) is 0. The van der Waals surface area contributed by atoms with E-state index in [-0.39, 0.29) is 5.91 Å². The minimum atomic E-state index is -0.123. The van der Waals surface area contributed by atoms with Gasteiger partial charge < -0.3 is 9.32 Å². The molecule has 1 amide bonds. The molecule has 2 atom stereocenters. The molecule has 0 bridgehead atoms. The number of hydrogen-bond donors (Lipinski definition) is 0. The second-order valence-electron chi connectivity index (χ2n) is 6.95. The molecule has 2 aromatic heterocycles. The van der Waals surface area contributed by atoms with Crippen LogP contribution in [0.5, 0.6) is 0 Å². The van der Waals surface area contributed by atoms with E-state index in [9.17, 15) is 4.79 Å². The van der Waals surface area contributed by atoms with Gasteiger partial charge in [-0.15, -0.1) is 0 Å². The van der Waals surface area contributed by atoms with Gasteiger partial charge in [0.2, 0.25) is 0 Å². The minimum absolute atomic E-state index is 0.123. The molecule has 0 radical (unpaired) electrons. The minimum Gasteiger partial charge on any atom is -0.464 e. The predicted molar refractivity (Wildman–Crippen MR) is 98.5 cm³/mol. The lowest BCUT2D eigenvalue weighted by Gasteiger charge is -2.15. The van der Waals surface area contributed by atoms with E-state index in [2.05, 4.69) is 16.9 Å². The Labute approximate surface area is 152 Å². The maximum Gasteiger partial charge on any atom is 0.257 e. The normalized spacial score (nSPS) is 18.5. The molecule has 1 saturated carbocycles. The Morgan fingerprint density at radius 1 is 1.15 bits per heavy atom. The van der Waals surface area contributed by atoms with Crippen LogP contribution in [0.3, 0.4) is 0 Å². The van der Waals surface area contributed by atoms with E-state index in [1.165, 1.54) is 6.42 Å². The van der Waals surface area contributed by atoms with Crippen LogP contribution in [0.1, 0.15) is 41.1 Å². The Bertz CT molecular complexity index is 903. The molecule has 0 saturated heterocycles. The third-order valence-corrected chi connectivity index (χ3v) is 4.83. The van der Waals surface area contributed by atoms with Crippen LogP contribution in [0.2, 0.25) is 0 Å². The van der Waals surface area contributed by atoms with Gasteiger partial charge in [0, 0.05) is 30.9 Å². The monoisotopic (exact) mass is 347 g/mol. The number of furan rings is 1. The molecule has 1 fully saturated rings. The van der Waals surface area contributed by atoms with Crippen molar-refractivity contribution in [3.05, 3.63) is 71.9 Å². The number of carbonyl (C=O) groups excluding carboxylic acids is 1. The van der Waals surface area contributed by atoms with Crippen LogP contribution in [0.25, 0.3) is 11.4 Å². The fraction of sp³-hybridized carbons (Fsp3) is 0.286. The fourth-order valence-corrected chi connectivity index (χ4v) is 3.10. The maximum absolute atomic E-state index is 12.6. The summed E-state index contributed by atoms with van der Waals surface area (Å²) in [6.45, 7) is 2.65. The number of benzene rings is 1. The van der Waals surface area contributed by atoms with E-state index in [0.717, 1.165) is 17.1 Å². The second-order valence-corrected chi connectivity index (χ2v) is 6.95. The molecule has 4 rings (SSSR count). The van der Waals surface area contributed by atoms with Gasteiger partial charge in [-0.3, -0.25) is 4.79 Å². The summed E-state index contributed by atoms with van der Waals surface area (Å²) >= 11 is 0. The Kier molecular flexibility index (Phi) is 4.29. The average Bonchev–Trinajstić information content (AvgIpc) is 3.23. The van der Waals surface area contributed by atoms with Gasteiger partial charge in [0.25, 0.3) is 5.91 Å². The van der Waals surface area contributed by atoms with Crippen LogP contribution in [0.15, 0.2) is 59.3 Å². The van der Waals surface area contributed by atoms with E-state index in [4.69, 9.17) is 4.42 Å². The number of nitrogens with zero attached hydrogens (tertiary/aromatic N) is 3. The van der Waals surface area contributed by atoms with Gasteiger partial charge in [-0.1, -0.05) is 37.3 Å². The van der Waals surface area contributed by atoms with E-state index in [1.54, 1.807) is 24.3 Å². The van der Waals surface area contributed by atoms with Gasteiger partial charge in [-0.05, 0) is 24.5 Å². The zero-order valence-corrected chi connectivity index (χ0v) is 14.9. The highest BCUT2D eigenvalue weighted by Gasteiger charge is 2.36. The largest absolute Gasteiger partial charge is 0.464 e. The van der Waals surface area contributed by atoms with Crippen LogP contribution >= 0.6 is 0 Å². The molecule has 2 heterocycles. The van der Waals surface area contributed by atoms with E-state index in [0.29, 0.717) is 29.8 Å². The summed E-state index contributed by atoms with van der Waals surface area (Å²) < 4.78 is 5.89. The standard InChI is InChI=1S/C21H21N3O2/c1-14-10-18(14)19-9-8-17(26-19)13-24(2)21(25)16-11-22-20(23-12-16)15-6-4-3-5-7-15/h3-9,11-12,14,18H,10,13H2,1-2H3/t14-,18+/m1/s1. The molecule has 0 spiro atoms. The van der Waals surface area contributed by atoms with Crippen molar-refractivity contribution in [2.45, 2.75) is 25.8 Å². The zero-order valence-electron chi connectivity index (χ0n) is 14.9. The lowest BCUT2D eigenvalue weighted by molar-refractivity contribution is 0.0774. The first-order chi connectivity index (χ1) is 12.6. The topological polar surface area (TPSA) is 59.2 Å². The van der Waals surface area contributed by atoms with E-state index >= 15 is 0 Å². The van der Waals surface area contributed by atoms with Gasteiger partial charge in [-0.25, -0.2) is 9.97 Å². The maximum atomic E-state index is 12.6. The molecule has 0 N–H and O–H groups in total. The van der Waals surface area contributed by atoms with Crippen molar-refractivity contribution in [3.8, 4) is 11.4 Å². The molecule has 0 aliphatic heterocycles. The van der Waals surface area contributed by atoms with Crippen molar-refractivity contribution < 1.29 is 9.21 Å². The lowest BCUT2D eigenvalue weighted by Crippen LogP contribution is -2.26. The van der Waals surface area contributed by atoms with Crippen molar-refractivity contribution in [2.24, 2.45) is 5.92 Å². The summed E-state index contributed by atoms with van der Waals surface area (Å²) in [6, 6.07) is 13.7. The fourth-order valence-electron chi connectivity index (χ4n) is 3.10. The molecule has 3 aromatic rings. The van der Waals surface area contributed by atoms with Crippen molar-refractivity contribution >= 4 is 5.91 Å². The van der Waals surface area contributed by atoms with Crippen molar-refractivity contribution in [2.75, 3.05) is 7.05 Å². The van der Waals surface area contributed by atoms with E-state index in [1.807, 2.05) is 42.5 Å². The summed E-state index contributed by atoms with van der Waals surface area (Å²) in [6.07, 6.45) is 4.34. The van der Waals surface area contributed by atoms with Crippen molar-refractivity contribution in [3.63, 3.8) is 0 Å². The first-order valence-corrected chi connectivity index (χ1v) is 8.83. The van der Waals surface area contributed by atoms with Gasteiger partial charge >= 0.3 is 0 Å². The molecular formula is C21H21N3O2. The lowest BCUT2D eigenvalue weighted by atomic mass is 10.2. The molecule has 1 aromatic carbocycles. The second kappa shape index (κ2) is 6.75. The van der Waals surface area contributed by atoms with Gasteiger partial charge in [-0.2, -0.15) is 0 Å². The number of hydrogen-bond acceptors (Lipinski definition) is 4. The zero-order chi connectivity index (χ0) is 18.1. The summed E-state index contributed by atoms with van der Waals surface area (Å²) in [7, 11) is 1.76. The quantitative estimate of drug-likeness (QED) is 0.696. The number of amides is 1. The van der Waals surface area contributed by atoms with Crippen LogP contribution in [0, 0.1) is 5.92 Å². The first-order valence-electron chi connectivity index (χ1n) is 8.83. The Morgan fingerprint density at radius 2 is 1.85 bits per heavy atom. The molecule has 5 nitrogen and oxygen atoms in total. The highest BCUT2D eigenvalue weighted by atomic mass is 16.3. The average molecular weight is 347 g/mol. The Hall–Kier alpha value is -2.95. The number of rotatable bonds is 5. The Balaban J connectivity index is 1.42. The summed E-state index contributed by atoms with van der Waals surface area (Å²) in [4.78, 5) is 22.9. The first kappa shape index (κ1) is 16.5. The highest BCUT2D eigenvalue weighted by Crippen LogP contribution is 2.47. The molecule has 0 unspecified atom stereocenters. The van der Waals surface area contributed by atoms with Crippen LogP contribution in [-0.4, -0.2) is 27.8 Å². The molecule has 132 valence electrons. The van der Waals surface area contributed by atoms with Gasteiger partial charge in [0.1, 0.15) is 11.5 Å². The van der Waals surface area contributed by atoms with Gasteiger partial charge in [0.05, 0.1) is 12.1 Å². The predicted octanol–water partition coefficient (Wildman–Crippen LogP) is 4.13. The van der Waals surface area contributed by atoms with Crippen LogP contribution in [-0.2, 0) is 6.54 Å². The molecular weight excluding hydrogens is 326 g/mol. The highest BCUT2D eigenvalue weighted by molar-refractivity contribution is 5.93. The molecule has 5 heteroatoms. The number of carbonyl (C=O) groups is 1. The van der Waals surface area contributed by atoms with Gasteiger partial charge in [0.15, 0.2) is 5.82 Å². The Morgan fingerprint density at radius 3 is 2.50 bits per heavy atom. The van der Waals surface area contributed by atoms with Crippen molar-refractivity contribution in [1.29, 1.82) is 0 Å². The van der Waals surface area contributed by atoms with Crippen LogP contribution < -0.4 is 0 Å².